The number of rotatable bonds is 5. The summed E-state index contributed by atoms with van der Waals surface area (Å²) in [7, 11) is 0. The fourth-order valence-corrected chi connectivity index (χ4v) is 4.58. The first-order valence-electron chi connectivity index (χ1n) is 8.95. The summed E-state index contributed by atoms with van der Waals surface area (Å²) in [6, 6.07) is 19.3. The van der Waals surface area contributed by atoms with Crippen LogP contribution in [0, 0.1) is 0 Å². The first-order chi connectivity index (χ1) is 14.0. The van der Waals surface area contributed by atoms with E-state index in [0.29, 0.717) is 21.4 Å². The Balaban J connectivity index is 1.99. The van der Waals surface area contributed by atoms with Crippen LogP contribution in [0.2, 0.25) is 15.1 Å². The highest BCUT2D eigenvalue weighted by molar-refractivity contribution is 6.38. The van der Waals surface area contributed by atoms with E-state index in [9.17, 15) is 9.59 Å². The smallest absolute Gasteiger partial charge is 0.216 e. The second-order valence-electron chi connectivity index (χ2n) is 6.80. The number of hydrogen-bond acceptors (Lipinski definition) is 3. The van der Waals surface area contributed by atoms with Crippen molar-refractivity contribution in [3.8, 4) is 5.75 Å². The lowest BCUT2D eigenvalue weighted by molar-refractivity contribution is -0.109. The highest BCUT2D eigenvalue weighted by Crippen LogP contribution is 2.52. The lowest BCUT2D eigenvalue weighted by Gasteiger charge is -2.35. The number of carbonyl (C=O) groups is 2. The van der Waals surface area contributed by atoms with Crippen LogP contribution in [0.1, 0.15) is 33.8 Å². The molecule has 0 radical (unpaired) electrons. The van der Waals surface area contributed by atoms with Gasteiger partial charge < -0.3 is 9.53 Å². The van der Waals surface area contributed by atoms with Crippen molar-refractivity contribution in [2.45, 2.75) is 17.9 Å². The fourth-order valence-electron chi connectivity index (χ4n) is 3.89. The van der Waals surface area contributed by atoms with Gasteiger partial charge in [0, 0.05) is 27.9 Å². The van der Waals surface area contributed by atoms with Gasteiger partial charge in [-0.05, 0) is 29.8 Å². The molecular weight excluding hydrogens is 431 g/mol. The van der Waals surface area contributed by atoms with E-state index < -0.39 is 11.5 Å². The van der Waals surface area contributed by atoms with E-state index in [1.807, 2.05) is 30.3 Å². The molecule has 4 rings (SSSR count). The van der Waals surface area contributed by atoms with Gasteiger partial charge in [0.25, 0.3) is 0 Å². The molecule has 0 saturated carbocycles. The summed E-state index contributed by atoms with van der Waals surface area (Å²) in [6.07, 6.45) is 0.876. The van der Waals surface area contributed by atoms with Crippen molar-refractivity contribution < 1.29 is 14.3 Å². The van der Waals surface area contributed by atoms with Crippen molar-refractivity contribution in [2.24, 2.45) is 0 Å². The van der Waals surface area contributed by atoms with E-state index in [0.717, 1.165) is 11.8 Å². The Hall–Kier alpha value is -2.33. The van der Waals surface area contributed by atoms with Crippen LogP contribution in [0.4, 0.5) is 0 Å². The van der Waals surface area contributed by atoms with Crippen molar-refractivity contribution in [3.63, 3.8) is 0 Å². The Kier molecular flexibility index (Phi) is 5.39. The topological polar surface area (TPSA) is 43.4 Å². The summed E-state index contributed by atoms with van der Waals surface area (Å²) >= 11 is 18.6. The minimum atomic E-state index is -1.47. The molecule has 1 aliphatic rings. The monoisotopic (exact) mass is 444 g/mol. The number of fused-ring (bicyclic) bond motifs is 1. The summed E-state index contributed by atoms with van der Waals surface area (Å²) in [6.45, 7) is 0. The van der Waals surface area contributed by atoms with Gasteiger partial charge in [-0.25, -0.2) is 0 Å². The number of halogens is 3. The first kappa shape index (κ1) is 20.0. The molecule has 29 heavy (non-hydrogen) atoms. The van der Waals surface area contributed by atoms with Gasteiger partial charge in [0.2, 0.25) is 11.4 Å². The Morgan fingerprint density at radius 2 is 1.62 bits per heavy atom. The summed E-state index contributed by atoms with van der Waals surface area (Å²) < 4.78 is 6.34. The van der Waals surface area contributed by atoms with E-state index in [2.05, 4.69) is 0 Å². The maximum Gasteiger partial charge on any atom is 0.216 e. The van der Waals surface area contributed by atoms with Crippen LogP contribution in [-0.4, -0.2) is 12.1 Å². The molecule has 0 aliphatic carbocycles. The van der Waals surface area contributed by atoms with Gasteiger partial charge in [0.15, 0.2) is 0 Å². The predicted octanol–water partition coefficient (Wildman–Crippen LogP) is 6.49. The van der Waals surface area contributed by atoms with Crippen molar-refractivity contribution in [2.75, 3.05) is 0 Å². The average molecular weight is 446 g/mol. The van der Waals surface area contributed by atoms with Crippen molar-refractivity contribution in [1.82, 2.24) is 0 Å². The molecule has 0 amide bonds. The van der Waals surface area contributed by atoms with Crippen LogP contribution in [0.15, 0.2) is 66.7 Å². The number of aldehydes is 1. The highest BCUT2D eigenvalue weighted by atomic mass is 35.5. The maximum absolute atomic E-state index is 13.8. The zero-order valence-electron chi connectivity index (χ0n) is 15.1. The lowest BCUT2D eigenvalue weighted by Crippen LogP contribution is -2.43. The largest absolute Gasteiger partial charge is 0.473 e. The Labute approximate surface area is 183 Å². The summed E-state index contributed by atoms with van der Waals surface area (Å²) in [4.78, 5) is 25.5. The molecule has 1 aliphatic heterocycles. The molecule has 6 heteroatoms. The first-order valence-corrected chi connectivity index (χ1v) is 10.1. The van der Waals surface area contributed by atoms with Gasteiger partial charge in [-0.2, -0.15) is 0 Å². The Morgan fingerprint density at radius 3 is 2.28 bits per heavy atom. The van der Waals surface area contributed by atoms with Gasteiger partial charge in [-0.15, -0.1) is 0 Å². The van der Waals surface area contributed by atoms with Crippen LogP contribution >= 0.6 is 34.8 Å². The normalized spacial score (nSPS) is 18.8. The van der Waals surface area contributed by atoms with Crippen molar-refractivity contribution in [1.29, 1.82) is 0 Å². The van der Waals surface area contributed by atoms with Gasteiger partial charge in [0.1, 0.15) is 12.0 Å². The number of benzene rings is 3. The molecule has 0 bridgehead atoms. The molecule has 0 spiro atoms. The zero-order valence-corrected chi connectivity index (χ0v) is 17.3. The predicted molar refractivity (Wildman–Crippen MR) is 114 cm³/mol. The van der Waals surface area contributed by atoms with Crippen LogP contribution in [-0.2, 0) is 10.4 Å². The van der Waals surface area contributed by atoms with Gasteiger partial charge in [0.05, 0.1) is 10.6 Å². The SMILES string of the molecule is O=CC[C@@H](c1ccccc1)[C@]1(c2ccc(Cl)cc2)Oc2cc(Cl)cc(Cl)c2C1=O. The minimum absolute atomic E-state index is 0.0811. The number of ketones is 1. The van der Waals surface area contributed by atoms with Gasteiger partial charge in [-0.3, -0.25) is 4.79 Å². The summed E-state index contributed by atoms with van der Waals surface area (Å²) in [5, 5.41) is 1.10. The molecule has 3 nitrogen and oxygen atoms in total. The lowest BCUT2D eigenvalue weighted by atomic mass is 9.72. The van der Waals surface area contributed by atoms with Gasteiger partial charge in [-0.1, -0.05) is 77.3 Å². The molecule has 0 N–H and O–H groups in total. The van der Waals surface area contributed by atoms with E-state index in [-0.39, 0.29) is 22.8 Å². The van der Waals surface area contributed by atoms with E-state index in [1.54, 1.807) is 30.3 Å². The van der Waals surface area contributed by atoms with Gasteiger partial charge >= 0.3 is 0 Å². The second kappa shape index (κ2) is 7.83. The van der Waals surface area contributed by atoms with Crippen molar-refractivity contribution in [3.05, 3.63) is 98.5 Å². The summed E-state index contributed by atoms with van der Waals surface area (Å²) in [5.41, 5.74) is 0.186. The number of ether oxygens (including phenoxy) is 1. The number of Topliss-reactive ketones (excluding diaryl/α,β-unsaturated/α-hetero) is 1. The molecule has 0 aromatic heterocycles. The van der Waals surface area contributed by atoms with E-state index in [4.69, 9.17) is 39.5 Å². The average Bonchev–Trinajstić information content (AvgIpc) is 3.00. The molecule has 0 fully saturated rings. The van der Waals surface area contributed by atoms with Crippen LogP contribution in [0.3, 0.4) is 0 Å². The molecule has 1 heterocycles. The highest BCUT2D eigenvalue weighted by Gasteiger charge is 2.56. The fraction of sp³-hybridized carbons (Fsp3) is 0.130. The molecule has 0 unspecified atom stereocenters. The quantitative estimate of drug-likeness (QED) is 0.422. The minimum Gasteiger partial charge on any atom is -0.473 e. The number of carbonyl (C=O) groups excluding carboxylic acids is 2. The Bertz CT molecular complexity index is 1080. The van der Waals surface area contributed by atoms with Crippen LogP contribution < -0.4 is 4.74 Å². The molecular formula is C23H15Cl3O3. The van der Waals surface area contributed by atoms with E-state index >= 15 is 0 Å². The van der Waals surface area contributed by atoms with E-state index in [1.165, 1.54) is 6.07 Å². The molecule has 146 valence electrons. The standard InChI is InChI=1S/C23H15Cl3O3/c24-16-8-6-15(7-9-16)23(18(10-11-27)14-4-2-1-3-5-14)22(28)21-19(26)12-17(25)13-20(21)29-23/h1-9,11-13,18H,10H2/t18-,23-/m0/s1. The Morgan fingerprint density at radius 1 is 0.931 bits per heavy atom. The summed E-state index contributed by atoms with van der Waals surface area (Å²) in [5.74, 6) is -0.585. The third-order valence-corrected chi connectivity index (χ3v) is 5.92. The van der Waals surface area contributed by atoms with Crippen LogP contribution in [0.5, 0.6) is 5.75 Å². The third kappa shape index (κ3) is 3.33. The second-order valence-corrected chi connectivity index (χ2v) is 8.08. The van der Waals surface area contributed by atoms with Crippen LogP contribution in [0.25, 0.3) is 0 Å². The maximum atomic E-state index is 13.8. The molecule has 3 aromatic carbocycles. The zero-order chi connectivity index (χ0) is 20.6. The molecule has 3 aromatic rings. The van der Waals surface area contributed by atoms with Crippen molar-refractivity contribution >= 4 is 46.9 Å². The molecule has 0 saturated heterocycles. The molecule has 2 atom stereocenters. The third-order valence-electron chi connectivity index (χ3n) is 5.15. The number of hydrogen-bond donors (Lipinski definition) is 0.